The number of ether oxygens (including phenoxy) is 3. The van der Waals surface area contributed by atoms with Crippen LogP contribution in [-0.4, -0.2) is 50.9 Å². The summed E-state index contributed by atoms with van der Waals surface area (Å²) in [5, 5.41) is 3.53. The molecule has 10 nitrogen and oxygen atoms in total. The van der Waals surface area contributed by atoms with Crippen LogP contribution in [0.5, 0.6) is 0 Å². The highest BCUT2D eigenvalue weighted by atomic mass is 32.2. The van der Waals surface area contributed by atoms with Gasteiger partial charge in [0.1, 0.15) is 18.2 Å². The van der Waals surface area contributed by atoms with Crippen LogP contribution in [0.25, 0.3) is 10.4 Å². The van der Waals surface area contributed by atoms with Crippen LogP contribution in [0, 0.1) is 0 Å². The van der Waals surface area contributed by atoms with Gasteiger partial charge in [0.25, 0.3) is 0 Å². The van der Waals surface area contributed by atoms with E-state index < -0.39 is 45.9 Å². The van der Waals surface area contributed by atoms with E-state index in [2.05, 4.69) is 14.2 Å². The zero-order valence-electron chi connectivity index (χ0n) is 17.9. The lowest BCUT2D eigenvalue weighted by molar-refractivity contribution is -0.147. The quantitative estimate of drug-likeness (QED) is 0.111. The van der Waals surface area contributed by atoms with E-state index in [1.807, 2.05) is 0 Å². The minimum Gasteiger partial charge on any atom is -0.457 e. The topological polar surface area (TPSA) is 137 Å². The summed E-state index contributed by atoms with van der Waals surface area (Å²) in [5.74, 6) is -1.41. The van der Waals surface area contributed by atoms with E-state index in [1.165, 1.54) is 0 Å². The predicted octanol–water partition coefficient (Wildman–Crippen LogP) is 3.63. The van der Waals surface area contributed by atoms with Crippen LogP contribution in [0.1, 0.15) is 11.1 Å². The van der Waals surface area contributed by atoms with Crippen molar-refractivity contribution < 1.29 is 44.8 Å². The molecule has 0 radical (unpaired) electrons. The van der Waals surface area contributed by atoms with E-state index in [-0.39, 0.29) is 19.8 Å². The minimum absolute atomic E-state index is 0.0941. The fraction of sp³-hybridized carbons (Fsp3) is 0.381. The fourth-order valence-electron chi connectivity index (χ4n) is 3.24. The summed E-state index contributed by atoms with van der Waals surface area (Å²) >= 11 is 0. The van der Waals surface area contributed by atoms with E-state index in [4.69, 9.17) is 19.7 Å². The molecule has 0 aliphatic carbocycles. The highest BCUT2D eigenvalue weighted by Gasteiger charge is 2.56. The molecular weight excluding hydrogens is 495 g/mol. The van der Waals surface area contributed by atoms with E-state index in [9.17, 15) is 26.4 Å². The average Bonchev–Trinajstić information content (AvgIpc) is 3.12. The van der Waals surface area contributed by atoms with E-state index in [0.29, 0.717) is 5.56 Å². The maximum absolute atomic E-state index is 12.9. The highest BCUT2D eigenvalue weighted by Crippen LogP contribution is 2.33. The standard InChI is InChI=1S/C21H20F3N3O7S/c22-21(23,24)35(29,30)34-19-18(32-12-15-9-5-2-6-10-15)17(33-20(19)28)16(26-27-25)13-31-11-14-7-3-1-4-8-14/h1-10,16-19H,11-13H2/t16-,17+,18+,19+/m0/s1. The number of azide groups is 1. The molecule has 1 aliphatic rings. The first-order valence-electron chi connectivity index (χ1n) is 10.1. The molecule has 188 valence electrons. The van der Waals surface area contributed by atoms with Crippen LogP contribution < -0.4 is 0 Å². The summed E-state index contributed by atoms with van der Waals surface area (Å²) in [6.07, 6.45) is -5.41. The molecule has 0 spiro atoms. The van der Waals surface area contributed by atoms with Crippen LogP contribution in [0.4, 0.5) is 13.2 Å². The number of esters is 1. The molecule has 14 heteroatoms. The molecule has 3 rings (SSSR count). The predicted molar refractivity (Wildman–Crippen MR) is 114 cm³/mol. The van der Waals surface area contributed by atoms with Crippen molar-refractivity contribution in [3.63, 3.8) is 0 Å². The third-order valence-corrected chi connectivity index (χ3v) is 5.91. The van der Waals surface area contributed by atoms with Crippen molar-refractivity contribution in [3.8, 4) is 0 Å². The molecule has 1 aliphatic heterocycles. The molecule has 0 N–H and O–H groups in total. The van der Waals surface area contributed by atoms with Crippen LogP contribution in [0.2, 0.25) is 0 Å². The van der Waals surface area contributed by atoms with Gasteiger partial charge in [-0.3, -0.25) is 0 Å². The number of hydrogen-bond acceptors (Lipinski definition) is 8. The van der Waals surface area contributed by atoms with Crippen molar-refractivity contribution in [1.82, 2.24) is 0 Å². The fourth-order valence-corrected chi connectivity index (χ4v) is 3.81. The Kier molecular flexibility index (Phi) is 8.70. The highest BCUT2D eigenvalue weighted by molar-refractivity contribution is 7.87. The second-order valence-electron chi connectivity index (χ2n) is 7.35. The maximum Gasteiger partial charge on any atom is 0.523 e. The third kappa shape index (κ3) is 6.93. The van der Waals surface area contributed by atoms with Crippen LogP contribution >= 0.6 is 0 Å². The molecule has 0 bridgehead atoms. The number of halogens is 3. The summed E-state index contributed by atoms with van der Waals surface area (Å²) in [5.41, 5.74) is 4.55. The van der Waals surface area contributed by atoms with Gasteiger partial charge in [0.2, 0.25) is 6.10 Å². The Morgan fingerprint density at radius 2 is 1.60 bits per heavy atom. The van der Waals surface area contributed by atoms with Gasteiger partial charge in [0, 0.05) is 4.91 Å². The van der Waals surface area contributed by atoms with Crippen LogP contribution in [-0.2, 0) is 46.5 Å². The molecule has 1 saturated heterocycles. The minimum atomic E-state index is -6.16. The first-order valence-corrected chi connectivity index (χ1v) is 11.5. The normalized spacial score (nSPS) is 21.2. The Labute approximate surface area is 198 Å². The molecular formula is C21H20F3N3O7S. The molecule has 2 aromatic carbocycles. The summed E-state index contributed by atoms with van der Waals surface area (Å²) < 4.78 is 82.3. The van der Waals surface area contributed by atoms with Gasteiger partial charge in [-0.1, -0.05) is 65.8 Å². The third-order valence-electron chi connectivity index (χ3n) is 4.89. The van der Waals surface area contributed by atoms with Gasteiger partial charge in [-0.2, -0.15) is 21.6 Å². The second-order valence-corrected chi connectivity index (χ2v) is 8.92. The number of carbonyl (C=O) groups is 1. The van der Waals surface area contributed by atoms with Crippen molar-refractivity contribution in [2.45, 2.75) is 43.1 Å². The summed E-state index contributed by atoms with van der Waals surface area (Å²) in [6, 6.07) is 16.0. The monoisotopic (exact) mass is 515 g/mol. The lowest BCUT2D eigenvalue weighted by Gasteiger charge is -2.25. The molecule has 0 aromatic heterocycles. The zero-order chi connectivity index (χ0) is 25.5. The van der Waals surface area contributed by atoms with Gasteiger partial charge < -0.3 is 14.2 Å². The van der Waals surface area contributed by atoms with Gasteiger partial charge >= 0.3 is 21.6 Å². The number of alkyl halides is 3. The second kappa shape index (κ2) is 11.5. The average molecular weight is 515 g/mol. The molecule has 0 saturated carbocycles. The van der Waals surface area contributed by atoms with Gasteiger partial charge in [-0.05, 0) is 16.7 Å². The van der Waals surface area contributed by atoms with Crippen molar-refractivity contribution in [3.05, 3.63) is 82.2 Å². The smallest absolute Gasteiger partial charge is 0.457 e. The number of rotatable bonds is 11. The van der Waals surface area contributed by atoms with Gasteiger partial charge in [-0.25, -0.2) is 8.98 Å². The summed E-state index contributed by atoms with van der Waals surface area (Å²) in [4.78, 5) is 15.1. The van der Waals surface area contributed by atoms with Gasteiger partial charge in [-0.15, -0.1) is 0 Å². The van der Waals surface area contributed by atoms with E-state index in [0.717, 1.165) is 5.56 Å². The summed E-state index contributed by atoms with van der Waals surface area (Å²) in [7, 11) is -6.16. The first-order chi connectivity index (χ1) is 16.6. The maximum atomic E-state index is 12.9. The zero-order valence-corrected chi connectivity index (χ0v) is 18.8. The van der Waals surface area contributed by atoms with Crippen LogP contribution in [0.15, 0.2) is 65.8 Å². The number of nitrogens with zero attached hydrogens (tertiary/aromatic N) is 3. The lowest BCUT2D eigenvalue weighted by Crippen LogP contribution is -2.44. The van der Waals surface area contributed by atoms with Crippen LogP contribution in [0.3, 0.4) is 0 Å². The number of carbonyl (C=O) groups excluding carboxylic acids is 1. The first kappa shape index (κ1) is 26.4. The number of hydrogen-bond donors (Lipinski definition) is 0. The molecule has 2 aromatic rings. The van der Waals surface area contributed by atoms with Crippen molar-refractivity contribution in [2.75, 3.05) is 6.61 Å². The van der Waals surface area contributed by atoms with Crippen molar-refractivity contribution >= 4 is 16.1 Å². The molecule has 4 atom stereocenters. The molecule has 0 amide bonds. The Hall–Kier alpha value is -3.16. The number of benzene rings is 2. The van der Waals surface area contributed by atoms with Gasteiger partial charge in [0.05, 0.1) is 19.8 Å². The summed E-state index contributed by atoms with van der Waals surface area (Å²) in [6.45, 7) is -0.434. The Morgan fingerprint density at radius 1 is 1.03 bits per heavy atom. The lowest BCUT2D eigenvalue weighted by atomic mass is 10.0. The van der Waals surface area contributed by atoms with Crippen molar-refractivity contribution in [2.24, 2.45) is 5.11 Å². The van der Waals surface area contributed by atoms with E-state index in [1.54, 1.807) is 60.7 Å². The molecule has 1 fully saturated rings. The molecule has 0 unspecified atom stereocenters. The Balaban J connectivity index is 1.82. The molecule has 35 heavy (non-hydrogen) atoms. The Bertz CT molecular complexity index is 1140. The largest absolute Gasteiger partial charge is 0.523 e. The SMILES string of the molecule is [N-]=[N+]=N[C@@H](COCc1ccccc1)[C@H]1OC(=O)[C@H](OS(=O)(=O)C(F)(F)F)[C@@H]1OCc1ccccc1. The van der Waals surface area contributed by atoms with Crippen molar-refractivity contribution in [1.29, 1.82) is 0 Å². The number of cyclic esters (lactones) is 1. The van der Waals surface area contributed by atoms with Gasteiger partial charge in [0.15, 0.2) is 0 Å². The van der Waals surface area contributed by atoms with E-state index >= 15 is 0 Å². The Morgan fingerprint density at radius 3 is 2.14 bits per heavy atom. The molecule has 1 heterocycles.